The predicted octanol–water partition coefficient (Wildman–Crippen LogP) is 2.04. The molecule has 0 radical (unpaired) electrons. The Morgan fingerprint density at radius 2 is 1.92 bits per heavy atom. The van der Waals surface area contributed by atoms with Crippen molar-refractivity contribution < 1.29 is 0 Å². The molecular weight excluding hydrogens is 160 g/mol. The molecule has 13 heavy (non-hydrogen) atoms. The largest absolute Gasteiger partial charge is 0.329 e. The van der Waals surface area contributed by atoms with Gasteiger partial charge in [-0.2, -0.15) is 0 Å². The standard InChI is InChI=1S/C11H24N2/c1-3-11(2,9-12)13-10-7-5-4-6-8-10/h10,13H,3-9,12H2,1-2H3. The minimum absolute atomic E-state index is 0.169. The van der Waals surface area contributed by atoms with Crippen LogP contribution in [0.4, 0.5) is 0 Å². The lowest BCUT2D eigenvalue weighted by atomic mass is 9.91. The van der Waals surface area contributed by atoms with Gasteiger partial charge in [0.15, 0.2) is 0 Å². The van der Waals surface area contributed by atoms with Gasteiger partial charge < -0.3 is 11.1 Å². The molecular formula is C11H24N2. The Morgan fingerprint density at radius 1 is 1.31 bits per heavy atom. The highest BCUT2D eigenvalue weighted by Crippen LogP contribution is 2.20. The molecule has 0 saturated heterocycles. The predicted molar refractivity (Wildman–Crippen MR) is 57.8 cm³/mol. The van der Waals surface area contributed by atoms with Gasteiger partial charge in [0.1, 0.15) is 0 Å². The molecule has 0 bridgehead atoms. The fourth-order valence-electron chi connectivity index (χ4n) is 2.05. The van der Waals surface area contributed by atoms with Crippen LogP contribution in [0, 0.1) is 0 Å². The van der Waals surface area contributed by atoms with Gasteiger partial charge in [-0.05, 0) is 26.2 Å². The number of hydrogen-bond donors (Lipinski definition) is 2. The van der Waals surface area contributed by atoms with Gasteiger partial charge in [-0.3, -0.25) is 0 Å². The molecule has 1 aliphatic rings. The van der Waals surface area contributed by atoms with Gasteiger partial charge in [0.2, 0.25) is 0 Å². The lowest BCUT2D eigenvalue weighted by Gasteiger charge is -2.35. The molecule has 1 unspecified atom stereocenters. The van der Waals surface area contributed by atoms with Crippen molar-refractivity contribution in [3.05, 3.63) is 0 Å². The molecule has 1 aliphatic carbocycles. The van der Waals surface area contributed by atoms with Crippen molar-refractivity contribution in [2.24, 2.45) is 5.73 Å². The van der Waals surface area contributed by atoms with Crippen LogP contribution in [0.2, 0.25) is 0 Å². The highest BCUT2D eigenvalue weighted by Gasteiger charge is 2.24. The van der Waals surface area contributed by atoms with Gasteiger partial charge in [-0.1, -0.05) is 26.2 Å². The van der Waals surface area contributed by atoms with E-state index in [1.807, 2.05) is 0 Å². The summed E-state index contributed by atoms with van der Waals surface area (Å²) in [5, 5.41) is 3.71. The summed E-state index contributed by atoms with van der Waals surface area (Å²) in [6.07, 6.45) is 8.01. The molecule has 1 rings (SSSR count). The zero-order chi connectivity index (χ0) is 9.73. The zero-order valence-electron chi connectivity index (χ0n) is 9.10. The van der Waals surface area contributed by atoms with Crippen LogP contribution >= 0.6 is 0 Å². The van der Waals surface area contributed by atoms with Gasteiger partial charge in [-0.15, -0.1) is 0 Å². The van der Waals surface area contributed by atoms with E-state index < -0.39 is 0 Å². The van der Waals surface area contributed by atoms with Gasteiger partial charge in [0, 0.05) is 18.1 Å². The molecule has 0 aromatic heterocycles. The Bertz CT molecular complexity index is 135. The summed E-state index contributed by atoms with van der Waals surface area (Å²) >= 11 is 0. The van der Waals surface area contributed by atoms with Crippen molar-refractivity contribution in [1.29, 1.82) is 0 Å². The molecule has 1 fully saturated rings. The van der Waals surface area contributed by atoms with Crippen LogP contribution in [-0.2, 0) is 0 Å². The molecule has 78 valence electrons. The Kier molecular flexibility index (Phi) is 4.20. The van der Waals surface area contributed by atoms with E-state index in [-0.39, 0.29) is 5.54 Å². The first-order valence-electron chi connectivity index (χ1n) is 5.68. The van der Waals surface area contributed by atoms with E-state index in [2.05, 4.69) is 19.2 Å². The quantitative estimate of drug-likeness (QED) is 0.701. The summed E-state index contributed by atoms with van der Waals surface area (Å²) in [7, 11) is 0. The third kappa shape index (κ3) is 3.28. The maximum atomic E-state index is 5.77. The zero-order valence-corrected chi connectivity index (χ0v) is 9.10. The Balaban J connectivity index is 2.35. The molecule has 0 aromatic rings. The van der Waals surface area contributed by atoms with Crippen molar-refractivity contribution in [2.75, 3.05) is 6.54 Å². The average Bonchev–Trinajstić information content (AvgIpc) is 2.19. The lowest BCUT2D eigenvalue weighted by molar-refractivity contribution is 0.262. The number of hydrogen-bond acceptors (Lipinski definition) is 2. The first kappa shape index (κ1) is 11.0. The maximum absolute atomic E-state index is 5.77. The Morgan fingerprint density at radius 3 is 2.38 bits per heavy atom. The highest BCUT2D eigenvalue weighted by atomic mass is 15.0. The van der Waals surface area contributed by atoms with Crippen LogP contribution in [-0.4, -0.2) is 18.1 Å². The molecule has 2 nitrogen and oxygen atoms in total. The van der Waals surface area contributed by atoms with E-state index in [9.17, 15) is 0 Å². The van der Waals surface area contributed by atoms with E-state index in [4.69, 9.17) is 5.73 Å². The summed E-state index contributed by atoms with van der Waals surface area (Å²) in [5.74, 6) is 0. The lowest BCUT2D eigenvalue weighted by Crippen LogP contribution is -2.53. The monoisotopic (exact) mass is 184 g/mol. The number of rotatable bonds is 4. The molecule has 1 saturated carbocycles. The van der Waals surface area contributed by atoms with E-state index in [1.165, 1.54) is 32.1 Å². The third-order valence-corrected chi connectivity index (χ3v) is 3.39. The molecule has 0 heterocycles. The van der Waals surface area contributed by atoms with Crippen LogP contribution in [0.25, 0.3) is 0 Å². The van der Waals surface area contributed by atoms with Gasteiger partial charge in [-0.25, -0.2) is 0 Å². The van der Waals surface area contributed by atoms with Crippen LogP contribution in [0.3, 0.4) is 0 Å². The van der Waals surface area contributed by atoms with Crippen molar-refractivity contribution in [3.8, 4) is 0 Å². The topological polar surface area (TPSA) is 38.0 Å². The van der Waals surface area contributed by atoms with Crippen LogP contribution in [0.5, 0.6) is 0 Å². The molecule has 3 N–H and O–H groups in total. The SMILES string of the molecule is CCC(C)(CN)NC1CCCCC1. The van der Waals surface area contributed by atoms with Gasteiger partial charge in [0.05, 0.1) is 0 Å². The molecule has 0 amide bonds. The van der Waals surface area contributed by atoms with Crippen molar-refractivity contribution in [3.63, 3.8) is 0 Å². The average molecular weight is 184 g/mol. The van der Waals surface area contributed by atoms with Crippen LogP contribution < -0.4 is 11.1 Å². The second kappa shape index (κ2) is 4.97. The molecule has 0 aromatic carbocycles. The van der Waals surface area contributed by atoms with Crippen LogP contribution in [0.1, 0.15) is 52.4 Å². The van der Waals surface area contributed by atoms with Crippen molar-refractivity contribution >= 4 is 0 Å². The maximum Gasteiger partial charge on any atom is 0.0275 e. The molecule has 0 aliphatic heterocycles. The number of nitrogens with two attached hydrogens (primary N) is 1. The summed E-state index contributed by atoms with van der Waals surface area (Å²) in [5.41, 5.74) is 5.94. The molecule has 0 spiro atoms. The summed E-state index contributed by atoms with van der Waals surface area (Å²) < 4.78 is 0. The van der Waals surface area contributed by atoms with Crippen LogP contribution in [0.15, 0.2) is 0 Å². The first-order valence-corrected chi connectivity index (χ1v) is 5.68. The number of nitrogens with one attached hydrogen (secondary N) is 1. The highest BCUT2D eigenvalue weighted by molar-refractivity contribution is 4.87. The summed E-state index contributed by atoms with van der Waals surface area (Å²) in [6.45, 7) is 5.20. The van der Waals surface area contributed by atoms with E-state index in [1.54, 1.807) is 0 Å². The molecule has 1 atom stereocenters. The van der Waals surface area contributed by atoms with Gasteiger partial charge >= 0.3 is 0 Å². The second-order valence-electron chi connectivity index (χ2n) is 4.60. The molecule has 2 heteroatoms. The summed E-state index contributed by atoms with van der Waals surface area (Å²) in [4.78, 5) is 0. The fraction of sp³-hybridized carbons (Fsp3) is 1.00. The van der Waals surface area contributed by atoms with E-state index in [0.29, 0.717) is 0 Å². The Labute approximate surface area is 82.3 Å². The normalized spacial score (nSPS) is 24.2. The third-order valence-electron chi connectivity index (χ3n) is 3.39. The minimum Gasteiger partial charge on any atom is -0.329 e. The second-order valence-corrected chi connectivity index (χ2v) is 4.60. The van der Waals surface area contributed by atoms with Crippen molar-refractivity contribution in [2.45, 2.75) is 64.0 Å². The first-order chi connectivity index (χ1) is 6.20. The Hall–Kier alpha value is -0.0800. The fourth-order valence-corrected chi connectivity index (χ4v) is 2.05. The van der Waals surface area contributed by atoms with E-state index in [0.717, 1.165) is 19.0 Å². The minimum atomic E-state index is 0.169. The van der Waals surface area contributed by atoms with Gasteiger partial charge in [0.25, 0.3) is 0 Å². The van der Waals surface area contributed by atoms with E-state index >= 15 is 0 Å². The smallest absolute Gasteiger partial charge is 0.0275 e. The van der Waals surface area contributed by atoms with Crippen molar-refractivity contribution in [1.82, 2.24) is 5.32 Å². The summed E-state index contributed by atoms with van der Waals surface area (Å²) in [6, 6.07) is 0.724.